The average molecular weight is 344 g/mol. The summed E-state index contributed by atoms with van der Waals surface area (Å²) in [6, 6.07) is 13.8. The summed E-state index contributed by atoms with van der Waals surface area (Å²) < 4.78 is 0. The second kappa shape index (κ2) is 5.91. The molecule has 0 unspecified atom stereocenters. The second-order valence-electron chi connectivity index (χ2n) is 5.59. The topological polar surface area (TPSA) is 40.2 Å². The standard InChI is InChI=1S/C18H15Cl2N3/c19-12-5-6-15-13(10-12)17(18-21-7-8-22-18)16(23-15)9-11-3-1-2-4-14(11)20/h1-6,10,23H,7-9H2,(H,21,22). The van der Waals surface area contributed by atoms with Gasteiger partial charge in [-0.25, -0.2) is 0 Å². The predicted molar refractivity (Wildman–Crippen MR) is 97.0 cm³/mol. The number of nitrogens with one attached hydrogen (secondary N) is 2. The van der Waals surface area contributed by atoms with E-state index < -0.39 is 0 Å². The Kier molecular flexibility index (Phi) is 3.76. The maximum absolute atomic E-state index is 6.33. The Hall–Kier alpha value is -1.97. The Morgan fingerprint density at radius 3 is 2.74 bits per heavy atom. The van der Waals surface area contributed by atoms with Crippen LogP contribution in [0.15, 0.2) is 47.5 Å². The van der Waals surface area contributed by atoms with E-state index in [0.717, 1.165) is 63.1 Å². The molecule has 0 bridgehead atoms. The van der Waals surface area contributed by atoms with Crippen LogP contribution < -0.4 is 5.32 Å². The van der Waals surface area contributed by atoms with Crippen LogP contribution in [-0.2, 0) is 6.42 Å². The summed E-state index contributed by atoms with van der Waals surface area (Å²) >= 11 is 12.5. The van der Waals surface area contributed by atoms with Crippen LogP contribution in [0.5, 0.6) is 0 Å². The van der Waals surface area contributed by atoms with Crippen molar-refractivity contribution in [3.63, 3.8) is 0 Å². The van der Waals surface area contributed by atoms with Gasteiger partial charge in [0.15, 0.2) is 0 Å². The van der Waals surface area contributed by atoms with Crippen LogP contribution in [0.4, 0.5) is 0 Å². The van der Waals surface area contributed by atoms with Crippen molar-refractivity contribution in [1.29, 1.82) is 0 Å². The number of amidine groups is 1. The van der Waals surface area contributed by atoms with Crippen molar-refractivity contribution < 1.29 is 0 Å². The Morgan fingerprint density at radius 2 is 1.96 bits per heavy atom. The van der Waals surface area contributed by atoms with Gasteiger partial charge in [0.05, 0.1) is 6.54 Å². The zero-order valence-corrected chi connectivity index (χ0v) is 13.9. The number of aromatic amines is 1. The molecule has 2 aromatic carbocycles. The minimum atomic E-state index is 0.723. The number of rotatable bonds is 3. The van der Waals surface area contributed by atoms with Gasteiger partial charge in [-0.3, -0.25) is 4.99 Å². The third kappa shape index (κ3) is 2.71. The van der Waals surface area contributed by atoms with E-state index in [2.05, 4.69) is 21.4 Å². The fourth-order valence-electron chi connectivity index (χ4n) is 3.02. The van der Waals surface area contributed by atoms with Gasteiger partial charge in [0.25, 0.3) is 0 Å². The largest absolute Gasteiger partial charge is 0.368 e. The van der Waals surface area contributed by atoms with Gasteiger partial charge in [0, 0.05) is 45.2 Å². The van der Waals surface area contributed by atoms with Gasteiger partial charge in [-0.2, -0.15) is 0 Å². The summed E-state index contributed by atoms with van der Waals surface area (Å²) in [5.41, 5.74) is 4.35. The van der Waals surface area contributed by atoms with E-state index in [4.69, 9.17) is 23.2 Å². The number of fused-ring (bicyclic) bond motifs is 1. The molecule has 3 nitrogen and oxygen atoms in total. The maximum Gasteiger partial charge on any atom is 0.130 e. The second-order valence-corrected chi connectivity index (χ2v) is 6.44. The molecule has 0 radical (unpaired) electrons. The van der Waals surface area contributed by atoms with Gasteiger partial charge in [0.2, 0.25) is 0 Å². The first-order valence-corrected chi connectivity index (χ1v) is 8.30. The minimum Gasteiger partial charge on any atom is -0.368 e. The van der Waals surface area contributed by atoms with Gasteiger partial charge in [-0.15, -0.1) is 0 Å². The van der Waals surface area contributed by atoms with E-state index in [1.807, 2.05) is 36.4 Å². The lowest BCUT2D eigenvalue weighted by molar-refractivity contribution is 0.959. The van der Waals surface area contributed by atoms with Gasteiger partial charge in [-0.05, 0) is 29.8 Å². The van der Waals surface area contributed by atoms with Crippen LogP contribution in [0.2, 0.25) is 10.0 Å². The molecule has 0 saturated heterocycles. The molecule has 116 valence electrons. The van der Waals surface area contributed by atoms with E-state index in [0.29, 0.717) is 0 Å². The highest BCUT2D eigenvalue weighted by Crippen LogP contribution is 2.29. The SMILES string of the molecule is Clc1ccc2[nH]c(Cc3ccccc3Cl)c(C3=NCCN3)c2c1. The zero-order valence-electron chi connectivity index (χ0n) is 12.4. The number of nitrogens with zero attached hydrogens (tertiary/aromatic N) is 1. The van der Waals surface area contributed by atoms with Crippen molar-refractivity contribution in [2.75, 3.05) is 13.1 Å². The normalized spacial score (nSPS) is 14.1. The van der Waals surface area contributed by atoms with Crippen molar-refractivity contribution in [1.82, 2.24) is 10.3 Å². The minimum absolute atomic E-state index is 0.723. The molecule has 1 aliphatic rings. The molecule has 1 aliphatic heterocycles. The van der Waals surface area contributed by atoms with Crippen LogP contribution in [0, 0.1) is 0 Å². The van der Waals surface area contributed by atoms with Crippen LogP contribution >= 0.6 is 23.2 Å². The summed E-state index contributed by atoms with van der Waals surface area (Å²) in [5, 5.41) is 5.95. The fourth-order valence-corrected chi connectivity index (χ4v) is 3.40. The number of aliphatic imine (C=N–C) groups is 1. The van der Waals surface area contributed by atoms with Gasteiger partial charge in [0.1, 0.15) is 5.84 Å². The molecule has 4 rings (SSSR count). The van der Waals surface area contributed by atoms with Gasteiger partial charge < -0.3 is 10.3 Å². The Balaban J connectivity index is 1.88. The average Bonchev–Trinajstić information content (AvgIpc) is 3.16. The Labute approximate surface area is 144 Å². The van der Waals surface area contributed by atoms with Crippen LogP contribution in [0.25, 0.3) is 10.9 Å². The number of hydrogen-bond donors (Lipinski definition) is 2. The summed E-state index contributed by atoms with van der Waals surface area (Å²) in [7, 11) is 0. The third-order valence-electron chi connectivity index (χ3n) is 4.07. The molecule has 0 spiro atoms. The summed E-state index contributed by atoms with van der Waals surface area (Å²) in [4.78, 5) is 8.10. The van der Waals surface area contributed by atoms with Crippen LogP contribution in [0.1, 0.15) is 16.8 Å². The lowest BCUT2D eigenvalue weighted by Crippen LogP contribution is -2.20. The third-order valence-corrected chi connectivity index (χ3v) is 4.68. The zero-order chi connectivity index (χ0) is 15.8. The van der Waals surface area contributed by atoms with Crippen molar-refractivity contribution in [2.45, 2.75) is 6.42 Å². The molecule has 23 heavy (non-hydrogen) atoms. The molecule has 3 aromatic rings. The molecular weight excluding hydrogens is 329 g/mol. The molecule has 1 aromatic heterocycles. The summed E-state index contributed by atoms with van der Waals surface area (Å²) in [6.07, 6.45) is 0.724. The quantitative estimate of drug-likeness (QED) is 0.726. The fraction of sp³-hybridized carbons (Fsp3) is 0.167. The molecule has 0 saturated carbocycles. The highest BCUT2D eigenvalue weighted by molar-refractivity contribution is 6.32. The Morgan fingerprint density at radius 1 is 1.09 bits per heavy atom. The van der Waals surface area contributed by atoms with Crippen LogP contribution in [-0.4, -0.2) is 23.9 Å². The molecule has 0 aliphatic carbocycles. The lowest BCUT2D eigenvalue weighted by atomic mass is 10.0. The van der Waals surface area contributed by atoms with Crippen LogP contribution in [0.3, 0.4) is 0 Å². The van der Waals surface area contributed by atoms with E-state index in [9.17, 15) is 0 Å². The van der Waals surface area contributed by atoms with Crippen molar-refractivity contribution in [3.8, 4) is 0 Å². The highest BCUT2D eigenvalue weighted by atomic mass is 35.5. The van der Waals surface area contributed by atoms with Crippen molar-refractivity contribution in [3.05, 3.63) is 69.3 Å². The summed E-state index contributed by atoms with van der Waals surface area (Å²) in [5.74, 6) is 0.931. The van der Waals surface area contributed by atoms with Crippen molar-refractivity contribution >= 4 is 39.9 Å². The predicted octanol–water partition coefficient (Wildman–Crippen LogP) is 4.42. The molecular formula is C18H15Cl2N3. The maximum atomic E-state index is 6.33. The van der Waals surface area contributed by atoms with E-state index in [1.54, 1.807) is 0 Å². The monoisotopic (exact) mass is 343 g/mol. The molecule has 0 fully saturated rings. The first-order chi connectivity index (χ1) is 11.2. The highest BCUT2D eigenvalue weighted by Gasteiger charge is 2.19. The lowest BCUT2D eigenvalue weighted by Gasteiger charge is -2.07. The molecule has 2 heterocycles. The van der Waals surface area contributed by atoms with Gasteiger partial charge in [-0.1, -0.05) is 41.4 Å². The Bertz CT molecular complexity index is 912. The molecule has 2 N–H and O–H groups in total. The smallest absolute Gasteiger partial charge is 0.130 e. The number of benzene rings is 2. The van der Waals surface area contributed by atoms with E-state index in [-0.39, 0.29) is 0 Å². The molecule has 5 heteroatoms. The first kappa shape index (κ1) is 14.6. The summed E-state index contributed by atoms with van der Waals surface area (Å²) in [6.45, 7) is 1.67. The number of H-pyrrole nitrogens is 1. The number of hydrogen-bond acceptors (Lipinski definition) is 2. The molecule has 0 atom stereocenters. The first-order valence-electron chi connectivity index (χ1n) is 7.54. The van der Waals surface area contributed by atoms with Crippen molar-refractivity contribution in [2.24, 2.45) is 4.99 Å². The number of aromatic nitrogens is 1. The number of halogens is 2. The molecule has 0 amide bonds. The van der Waals surface area contributed by atoms with E-state index >= 15 is 0 Å². The van der Waals surface area contributed by atoms with Gasteiger partial charge >= 0.3 is 0 Å². The van der Waals surface area contributed by atoms with E-state index in [1.165, 1.54) is 0 Å².